The van der Waals surface area contributed by atoms with E-state index in [-0.39, 0.29) is 8.41 Å². The lowest BCUT2D eigenvalue weighted by Gasteiger charge is -2.14. The average Bonchev–Trinajstić information content (AvgIpc) is 2.34. The Morgan fingerprint density at radius 2 is 2.27 bits per heavy atom. The second-order valence-electron chi connectivity index (χ2n) is 2.85. The normalized spacial score (nSPS) is 17.9. The molecule has 1 aliphatic heterocycles. The number of hydrogen-bond donors (Lipinski definition) is 0. The standard InChI is InChI=1S/C9H15N.B/c1-4-9(3)10-6-5-8(2)7-10;/h4,7H,5-6H2,1-3H3;/b9-4-;. The number of allylic oxidation sites excluding steroid dienone is 2. The van der Waals surface area contributed by atoms with Crippen LogP contribution in [0.15, 0.2) is 23.5 Å². The van der Waals surface area contributed by atoms with Crippen LogP contribution in [0.3, 0.4) is 0 Å². The van der Waals surface area contributed by atoms with E-state index in [4.69, 9.17) is 0 Å². The first-order valence-electron chi connectivity index (χ1n) is 3.81. The fourth-order valence-electron chi connectivity index (χ4n) is 1.14. The highest BCUT2D eigenvalue weighted by Gasteiger charge is 2.08. The van der Waals surface area contributed by atoms with Crippen LogP contribution in [-0.2, 0) is 0 Å². The van der Waals surface area contributed by atoms with E-state index < -0.39 is 0 Å². The molecule has 0 fully saturated rings. The van der Waals surface area contributed by atoms with Crippen LogP contribution in [0.2, 0.25) is 0 Å². The van der Waals surface area contributed by atoms with E-state index >= 15 is 0 Å². The topological polar surface area (TPSA) is 3.24 Å². The largest absolute Gasteiger partial charge is 0.352 e. The molecule has 11 heavy (non-hydrogen) atoms. The van der Waals surface area contributed by atoms with Crippen molar-refractivity contribution in [2.75, 3.05) is 6.54 Å². The fraction of sp³-hybridized carbons (Fsp3) is 0.556. The molecule has 0 atom stereocenters. The third kappa shape index (κ3) is 2.45. The Morgan fingerprint density at radius 3 is 2.64 bits per heavy atom. The lowest BCUT2D eigenvalue weighted by Crippen LogP contribution is -2.10. The van der Waals surface area contributed by atoms with Crippen molar-refractivity contribution in [2.45, 2.75) is 27.2 Å². The van der Waals surface area contributed by atoms with Crippen molar-refractivity contribution in [3.63, 3.8) is 0 Å². The van der Waals surface area contributed by atoms with Crippen molar-refractivity contribution in [3.05, 3.63) is 23.5 Å². The summed E-state index contributed by atoms with van der Waals surface area (Å²) in [5, 5.41) is 0. The van der Waals surface area contributed by atoms with Crippen molar-refractivity contribution in [1.29, 1.82) is 0 Å². The van der Waals surface area contributed by atoms with E-state index in [0.29, 0.717) is 0 Å². The highest BCUT2D eigenvalue weighted by atomic mass is 15.1. The van der Waals surface area contributed by atoms with Crippen molar-refractivity contribution in [1.82, 2.24) is 4.90 Å². The van der Waals surface area contributed by atoms with Gasteiger partial charge in [0.25, 0.3) is 0 Å². The van der Waals surface area contributed by atoms with Crippen LogP contribution < -0.4 is 0 Å². The van der Waals surface area contributed by atoms with E-state index in [9.17, 15) is 0 Å². The van der Waals surface area contributed by atoms with Crippen LogP contribution in [0.1, 0.15) is 27.2 Å². The van der Waals surface area contributed by atoms with Gasteiger partial charge in [0, 0.05) is 26.9 Å². The Hall–Kier alpha value is -0.655. The monoisotopic (exact) mass is 148 g/mol. The molecular formula is C9H15BN. The molecule has 0 aromatic carbocycles. The van der Waals surface area contributed by atoms with Crippen molar-refractivity contribution in [2.24, 2.45) is 0 Å². The Labute approximate surface area is 71.4 Å². The molecule has 1 rings (SSSR count). The Morgan fingerprint density at radius 1 is 1.64 bits per heavy atom. The molecule has 0 aliphatic carbocycles. The third-order valence-corrected chi connectivity index (χ3v) is 1.99. The average molecular weight is 148 g/mol. The summed E-state index contributed by atoms with van der Waals surface area (Å²) in [6.45, 7) is 7.58. The molecule has 3 radical (unpaired) electrons. The molecule has 2 heteroatoms. The first-order chi connectivity index (χ1) is 4.74. The van der Waals surface area contributed by atoms with Gasteiger partial charge in [-0.1, -0.05) is 11.6 Å². The minimum atomic E-state index is 0. The minimum absolute atomic E-state index is 0. The van der Waals surface area contributed by atoms with Crippen LogP contribution in [0.5, 0.6) is 0 Å². The summed E-state index contributed by atoms with van der Waals surface area (Å²) in [4.78, 5) is 2.30. The van der Waals surface area contributed by atoms with Gasteiger partial charge < -0.3 is 4.90 Å². The second kappa shape index (κ2) is 4.27. The maximum Gasteiger partial charge on any atom is 0.0259 e. The van der Waals surface area contributed by atoms with Gasteiger partial charge in [0.2, 0.25) is 0 Å². The molecule has 0 amide bonds. The fourth-order valence-corrected chi connectivity index (χ4v) is 1.14. The Bertz CT molecular complexity index is 182. The van der Waals surface area contributed by atoms with Crippen LogP contribution in [0.4, 0.5) is 0 Å². The van der Waals surface area contributed by atoms with E-state index in [2.05, 4.69) is 37.9 Å². The molecular weight excluding hydrogens is 133 g/mol. The van der Waals surface area contributed by atoms with Crippen molar-refractivity contribution in [3.8, 4) is 0 Å². The number of rotatable bonds is 1. The molecule has 0 spiro atoms. The van der Waals surface area contributed by atoms with Gasteiger partial charge in [0.05, 0.1) is 0 Å². The first-order valence-corrected chi connectivity index (χ1v) is 3.81. The third-order valence-electron chi connectivity index (χ3n) is 1.99. The maximum absolute atomic E-state index is 2.30. The van der Waals surface area contributed by atoms with E-state index in [1.807, 2.05) is 0 Å². The molecule has 0 saturated heterocycles. The van der Waals surface area contributed by atoms with Gasteiger partial charge in [-0.15, -0.1) is 0 Å². The van der Waals surface area contributed by atoms with Gasteiger partial charge >= 0.3 is 0 Å². The first kappa shape index (κ1) is 10.3. The van der Waals surface area contributed by atoms with Crippen LogP contribution in [0.25, 0.3) is 0 Å². The molecule has 0 bridgehead atoms. The molecule has 1 nitrogen and oxygen atoms in total. The Kier molecular flexibility index (Phi) is 4.02. The van der Waals surface area contributed by atoms with Crippen molar-refractivity contribution >= 4 is 8.41 Å². The maximum atomic E-state index is 2.30. The predicted octanol–water partition coefficient (Wildman–Crippen LogP) is 2.14. The van der Waals surface area contributed by atoms with Gasteiger partial charge in [-0.05, 0) is 27.2 Å². The van der Waals surface area contributed by atoms with Gasteiger partial charge in [0.15, 0.2) is 0 Å². The molecule has 1 aliphatic rings. The van der Waals surface area contributed by atoms with Crippen molar-refractivity contribution < 1.29 is 0 Å². The van der Waals surface area contributed by atoms with Gasteiger partial charge in [-0.3, -0.25) is 0 Å². The molecule has 59 valence electrons. The molecule has 0 aromatic heterocycles. The van der Waals surface area contributed by atoms with Gasteiger partial charge in [-0.25, -0.2) is 0 Å². The summed E-state index contributed by atoms with van der Waals surface area (Å²) in [6.07, 6.45) is 5.61. The predicted molar refractivity (Wildman–Crippen MR) is 50.3 cm³/mol. The minimum Gasteiger partial charge on any atom is -0.352 e. The molecule has 0 N–H and O–H groups in total. The summed E-state index contributed by atoms with van der Waals surface area (Å²) in [6, 6.07) is 0. The van der Waals surface area contributed by atoms with Crippen LogP contribution in [0, 0.1) is 0 Å². The zero-order valence-electron chi connectivity index (χ0n) is 7.59. The SMILES string of the molecule is C/C=C(/C)N1C=C(C)CC1.[B]. The summed E-state index contributed by atoms with van der Waals surface area (Å²) < 4.78 is 0. The van der Waals surface area contributed by atoms with Crippen LogP contribution >= 0.6 is 0 Å². The highest BCUT2D eigenvalue weighted by molar-refractivity contribution is 5.75. The molecule has 0 unspecified atom stereocenters. The smallest absolute Gasteiger partial charge is 0.0259 e. The zero-order chi connectivity index (χ0) is 7.56. The van der Waals surface area contributed by atoms with E-state index in [1.165, 1.54) is 24.2 Å². The quantitative estimate of drug-likeness (QED) is 0.515. The lowest BCUT2D eigenvalue weighted by molar-refractivity contribution is 0.503. The van der Waals surface area contributed by atoms with E-state index in [0.717, 1.165) is 0 Å². The number of nitrogens with zero attached hydrogens (tertiary/aromatic N) is 1. The Balaban J connectivity index is 0.000001000. The zero-order valence-corrected chi connectivity index (χ0v) is 7.59. The second-order valence-corrected chi connectivity index (χ2v) is 2.85. The summed E-state index contributed by atoms with van der Waals surface area (Å²) in [5.41, 5.74) is 2.85. The van der Waals surface area contributed by atoms with Gasteiger partial charge in [0.1, 0.15) is 0 Å². The molecule has 0 aromatic rings. The lowest BCUT2D eigenvalue weighted by atomic mass is 10.3. The molecule has 1 heterocycles. The molecule has 0 saturated carbocycles. The highest BCUT2D eigenvalue weighted by Crippen LogP contribution is 2.17. The van der Waals surface area contributed by atoms with Crippen LogP contribution in [-0.4, -0.2) is 19.9 Å². The summed E-state index contributed by atoms with van der Waals surface area (Å²) in [7, 11) is 0. The number of hydrogen-bond acceptors (Lipinski definition) is 1. The summed E-state index contributed by atoms with van der Waals surface area (Å²) >= 11 is 0. The van der Waals surface area contributed by atoms with E-state index in [1.54, 1.807) is 0 Å². The van der Waals surface area contributed by atoms with Gasteiger partial charge in [-0.2, -0.15) is 0 Å². The summed E-state index contributed by atoms with van der Waals surface area (Å²) in [5.74, 6) is 0.